The number of carbonyl (C=O) groups is 2. The second-order valence-corrected chi connectivity index (χ2v) is 4.74. The van der Waals surface area contributed by atoms with Gasteiger partial charge in [0.2, 0.25) is 5.91 Å². The van der Waals surface area contributed by atoms with E-state index >= 15 is 0 Å². The minimum atomic E-state index is -0.326. The standard InChI is InChI=1S/C16H17FN2O3/c17-13-5-1-4-12(10-13)11-19-15(20)7-2-8-18-16(21)14-6-3-9-22-14/h1,3-6,9-10H,2,7-8,11H2,(H,18,21)(H,19,20). The van der Waals surface area contributed by atoms with Gasteiger partial charge in [-0.25, -0.2) is 4.39 Å². The molecule has 0 aliphatic carbocycles. The first kappa shape index (κ1) is 15.8. The number of carbonyl (C=O) groups excluding carboxylic acids is 2. The number of halogens is 1. The summed E-state index contributed by atoms with van der Waals surface area (Å²) in [6.07, 6.45) is 2.23. The summed E-state index contributed by atoms with van der Waals surface area (Å²) in [6.45, 7) is 0.669. The topological polar surface area (TPSA) is 71.3 Å². The third-order valence-corrected chi connectivity index (χ3v) is 2.99. The summed E-state index contributed by atoms with van der Waals surface area (Å²) in [4.78, 5) is 23.2. The van der Waals surface area contributed by atoms with Gasteiger partial charge in [0.25, 0.3) is 5.91 Å². The van der Waals surface area contributed by atoms with E-state index < -0.39 is 0 Å². The molecular weight excluding hydrogens is 287 g/mol. The number of benzene rings is 1. The Morgan fingerprint density at radius 1 is 1.14 bits per heavy atom. The molecule has 6 heteroatoms. The average molecular weight is 304 g/mol. The first-order chi connectivity index (χ1) is 10.6. The summed E-state index contributed by atoms with van der Waals surface area (Å²) in [5.41, 5.74) is 0.708. The molecule has 0 bridgehead atoms. The van der Waals surface area contributed by atoms with Gasteiger partial charge in [-0.1, -0.05) is 12.1 Å². The van der Waals surface area contributed by atoms with Crippen molar-refractivity contribution in [2.45, 2.75) is 19.4 Å². The number of furan rings is 1. The van der Waals surface area contributed by atoms with Gasteiger partial charge in [0.15, 0.2) is 5.76 Å². The number of amides is 2. The fourth-order valence-electron chi connectivity index (χ4n) is 1.88. The van der Waals surface area contributed by atoms with Gasteiger partial charge >= 0.3 is 0 Å². The third kappa shape index (κ3) is 5.05. The maximum atomic E-state index is 13.0. The summed E-state index contributed by atoms with van der Waals surface area (Å²) >= 11 is 0. The van der Waals surface area contributed by atoms with Crippen LogP contribution in [0.15, 0.2) is 47.1 Å². The third-order valence-electron chi connectivity index (χ3n) is 2.99. The molecule has 0 radical (unpaired) electrons. The molecule has 2 aromatic rings. The molecule has 2 rings (SSSR count). The molecule has 2 amide bonds. The SMILES string of the molecule is O=C(CCCNC(=O)c1ccco1)NCc1cccc(F)c1. The van der Waals surface area contributed by atoms with Crippen molar-refractivity contribution in [1.29, 1.82) is 0 Å². The maximum absolute atomic E-state index is 13.0. The Labute approximate surface area is 127 Å². The van der Waals surface area contributed by atoms with Crippen molar-refractivity contribution in [3.05, 3.63) is 59.8 Å². The van der Waals surface area contributed by atoms with E-state index in [0.717, 1.165) is 0 Å². The molecule has 0 atom stereocenters. The highest BCUT2D eigenvalue weighted by Crippen LogP contribution is 2.03. The van der Waals surface area contributed by atoms with Crippen LogP contribution < -0.4 is 10.6 Å². The van der Waals surface area contributed by atoms with Crippen molar-refractivity contribution in [1.82, 2.24) is 10.6 Å². The molecular formula is C16H17FN2O3. The van der Waals surface area contributed by atoms with Crippen LogP contribution in [0.5, 0.6) is 0 Å². The van der Waals surface area contributed by atoms with E-state index in [2.05, 4.69) is 10.6 Å². The van der Waals surface area contributed by atoms with Crippen LogP contribution in [0, 0.1) is 5.82 Å². The molecule has 0 spiro atoms. The summed E-state index contributed by atoms with van der Waals surface area (Å²) in [5.74, 6) is -0.523. The van der Waals surface area contributed by atoms with Crippen LogP contribution in [0.2, 0.25) is 0 Å². The fraction of sp³-hybridized carbons (Fsp3) is 0.250. The Morgan fingerprint density at radius 3 is 2.73 bits per heavy atom. The van der Waals surface area contributed by atoms with Crippen molar-refractivity contribution in [3.63, 3.8) is 0 Å². The molecule has 116 valence electrons. The quantitative estimate of drug-likeness (QED) is 0.771. The Hall–Kier alpha value is -2.63. The van der Waals surface area contributed by atoms with Gasteiger partial charge < -0.3 is 15.1 Å². The molecule has 0 unspecified atom stereocenters. The highest BCUT2D eigenvalue weighted by Gasteiger charge is 2.07. The number of hydrogen-bond donors (Lipinski definition) is 2. The maximum Gasteiger partial charge on any atom is 0.286 e. The first-order valence-electron chi connectivity index (χ1n) is 6.98. The minimum absolute atomic E-state index is 0.142. The van der Waals surface area contributed by atoms with Crippen LogP contribution in [0.4, 0.5) is 4.39 Å². The highest BCUT2D eigenvalue weighted by molar-refractivity contribution is 5.91. The summed E-state index contributed by atoms with van der Waals surface area (Å²) < 4.78 is 17.9. The molecule has 1 aromatic carbocycles. The molecule has 0 saturated carbocycles. The molecule has 22 heavy (non-hydrogen) atoms. The zero-order valence-corrected chi connectivity index (χ0v) is 12.0. The van der Waals surface area contributed by atoms with Crippen LogP contribution >= 0.6 is 0 Å². The summed E-state index contributed by atoms with van der Waals surface area (Å²) in [6, 6.07) is 9.28. The monoisotopic (exact) mass is 304 g/mol. The van der Waals surface area contributed by atoms with Crippen LogP contribution in [0.3, 0.4) is 0 Å². The van der Waals surface area contributed by atoms with E-state index in [0.29, 0.717) is 18.5 Å². The average Bonchev–Trinajstić information content (AvgIpc) is 3.04. The van der Waals surface area contributed by atoms with Crippen LogP contribution in [0.1, 0.15) is 29.0 Å². The van der Waals surface area contributed by atoms with Crippen LogP contribution in [-0.2, 0) is 11.3 Å². The van der Waals surface area contributed by atoms with Crippen LogP contribution in [0.25, 0.3) is 0 Å². The predicted octanol–water partition coefficient (Wildman–Crippen LogP) is 2.25. The second-order valence-electron chi connectivity index (χ2n) is 4.74. The van der Waals surface area contributed by atoms with Gasteiger partial charge in [-0.2, -0.15) is 0 Å². The summed E-state index contributed by atoms with van der Waals surface area (Å²) in [7, 11) is 0. The number of rotatable bonds is 7. The zero-order valence-electron chi connectivity index (χ0n) is 12.0. The first-order valence-corrected chi connectivity index (χ1v) is 6.98. The molecule has 1 aromatic heterocycles. The molecule has 0 saturated heterocycles. The lowest BCUT2D eigenvalue weighted by Crippen LogP contribution is -2.27. The van der Waals surface area contributed by atoms with Gasteiger partial charge in [0.05, 0.1) is 6.26 Å². The van der Waals surface area contributed by atoms with E-state index in [1.54, 1.807) is 24.3 Å². The van der Waals surface area contributed by atoms with Crippen LogP contribution in [-0.4, -0.2) is 18.4 Å². The Kier molecular flexibility index (Phi) is 5.71. The van der Waals surface area contributed by atoms with Gasteiger partial charge in [-0.15, -0.1) is 0 Å². The van der Waals surface area contributed by atoms with Crippen molar-refractivity contribution in [2.75, 3.05) is 6.54 Å². The van der Waals surface area contributed by atoms with E-state index in [-0.39, 0.29) is 36.4 Å². The second kappa shape index (κ2) is 7.97. The zero-order chi connectivity index (χ0) is 15.8. The molecule has 1 heterocycles. The van der Waals surface area contributed by atoms with Gasteiger partial charge in [0.1, 0.15) is 5.82 Å². The normalized spacial score (nSPS) is 10.2. The van der Waals surface area contributed by atoms with Gasteiger partial charge in [-0.3, -0.25) is 9.59 Å². The molecule has 2 N–H and O–H groups in total. The smallest absolute Gasteiger partial charge is 0.286 e. The van der Waals surface area contributed by atoms with E-state index in [9.17, 15) is 14.0 Å². The Bertz CT molecular complexity index is 626. The molecule has 0 aliphatic heterocycles. The fourth-order valence-corrected chi connectivity index (χ4v) is 1.88. The number of nitrogens with one attached hydrogen (secondary N) is 2. The van der Waals surface area contributed by atoms with Gasteiger partial charge in [-0.05, 0) is 36.2 Å². The van der Waals surface area contributed by atoms with Crippen molar-refractivity contribution < 1.29 is 18.4 Å². The Morgan fingerprint density at radius 2 is 2.00 bits per heavy atom. The summed E-state index contributed by atoms with van der Waals surface area (Å²) in [5, 5.41) is 5.36. The highest BCUT2D eigenvalue weighted by atomic mass is 19.1. The van der Waals surface area contributed by atoms with Crippen molar-refractivity contribution in [3.8, 4) is 0 Å². The molecule has 5 nitrogen and oxygen atoms in total. The van der Waals surface area contributed by atoms with Crippen molar-refractivity contribution >= 4 is 11.8 Å². The lowest BCUT2D eigenvalue weighted by molar-refractivity contribution is -0.121. The van der Waals surface area contributed by atoms with E-state index in [1.165, 1.54) is 18.4 Å². The van der Waals surface area contributed by atoms with Crippen molar-refractivity contribution in [2.24, 2.45) is 0 Å². The minimum Gasteiger partial charge on any atom is -0.459 e. The lowest BCUT2D eigenvalue weighted by Gasteiger charge is -2.06. The molecule has 0 fully saturated rings. The Balaban J connectivity index is 1.61. The lowest BCUT2D eigenvalue weighted by atomic mass is 10.2. The number of hydrogen-bond acceptors (Lipinski definition) is 3. The van der Waals surface area contributed by atoms with E-state index in [4.69, 9.17) is 4.42 Å². The van der Waals surface area contributed by atoms with E-state index in [1.807, 2.05) is 0 Å². The largest absolute Gasteiger partial charge is 0.459 e. The van der Waals surface area contributed by atoms with Gasteiger partial charge in [0, 0.05) is 19.5 Å². The predicted molar refractivity (Wildman–Crippen MR) is 78.5 cm³/mol. The molecule has 0 aliphatic rings.